The zero-order valence-corrected chi connectivity index (χ0v) is 11.2. The van der Waals surface area contributed by atoms with Gasteiger partial charge in [-0.2, -0.15) is 5.26 Å². The van der Waals surface area contributed by atoms with E-state index in [9.17, 15) is 0 Å². The lowest BCUT2D eigenvalue weighted by atomic mass is 9.70. The molecule has 0 saturated heterocycles. The van der Waals surface area contributed by atoms with Crippen LogP contribution in [0.3, 0.4) is 0 Å². The number of hydrogen-bond donors (Lipinski definition) is 1. The molecule has 1 aromatic heterocycles. The van der Waals surface area contributed by atoms with Crippen LogP contribution in [0.15, 0.2) is 18.2 Å². The number of fused-ring (bicyclic) bond motifs is 1. The molecule has 1 heterocycles. The summed E-state index contributed by atoms with van der Waals surface area (Å²) in [5.41, 5.74) is 3.12. The first-order chi connectivity index (χ1) is 8.61. The Morgan fingerprint density at radius 3 is 2.89 bits per heavy atom. The van der Waals surface area contributed by atoms with Crippen molar-refractivity contribution in [3.63, 3.8) is 0 Å². The Kier molecular flexibility index (Phi) is 2.53. The van der Waals surface area contributed by atoms with Crippen LogP contribution >= 0.6 is 12.2 Å². The zero-order chi connectivity index (χ0) is 12.8. The highest BCUT2D eigenvalue weighted by Crippen LogP contribution is 2.42. The van der Waals surface area contributed by atoms with Crippen molar-refractivity contribution in [3.05, 3.63) is 28.5 Å². The monoisotopic (exact) mass is 257 g/mol. The number of imidazole rings is 1. The minimum absolute atomic E-state index is 0.371. The maximum absolute atomic E-state index is 8.99. The molecule has 2 aromatic rings. The standard InChI is InChI=1S/C14H15N3S/c1-14(5-2-6-14)9-17-12-7-10(8-15)3-4-11(12)16-13(17)18/h3-4,7H,2,5-6,9H2,1H3,(H,16,18). The molecule has 1 N–H and O–H groups in total. The fourth-order valence-electron chi connectivity index (χ4n) is 2.70. The first-order valence-electron chi connectivity index (χ1n) is 6.24. The molecule has 3 rings (SSSR count). The third-order valence-corrected chi connectivity index (χ3v) is 4.33. The highest BCUT2D eigenvalue weighted by molar-refractivity contribution is 7.71. The van der Waals surface area contributed by atoms with Crippen molar-refractivity contribution in [1.82, 2.24) is 9.55 Å². The van der Waals surface area contributed by atoms with Gasteiger partial charge < -0.3 is 9.55 Å². The number of aromatic amines is 1. The minimum atomic E-state index is 0.371. The van der Waals surface area contributed by atoms with E-state index in [1.165, 1.54) is 19.3 Å². The molecule has 0 radical (unpaired) electrons. The van der Waals surface area contributed by atoms with Gasteiger partial charge in [0.25, 0.3) is 0 Å². The Balaban J connectivity index is 2.12. The van der Waals surface area contributed by atoms with Crippen LogP contribution in [-0.4, -0.2) is 9.55 Å². The maximum Gasteiger partial charge on any atom is 0.178 e. The van der Waals surface area contributed by atoms with Gasteiger partial charge in [-0.1, -0.05) is 13.3 Å². The molecule has 1 aliphatic carbocycles. The van der Waals surface area contributed by atoms with Gasteiger partial charge in [0.15, 0.2) is 4.77 Å². The van der Waals surface area contributed by atoms with Crippen LogP contribution < -0.4 is 0 Å². The van der Waals surface area contributed by atoms with Crippen molar-refractivity contribution in [2.45, 2.75) is 32.7 Å². The fourth-order valence-corrected chi connectivity index (χ4v) is 2.97. The molecule has 1 aliphatic rings. The molecule has 0 spiro atoms. The summed E-state index contributed by atoms with van der Waals surface area (Å²) in [5.74, 6) is 0. The van der Waals surface area contributed by atoms with Gasteiger partial charge >= 0.3 is 0 Å². The number of aromatic nitrogens is 2. The predicted molar refractivity (Wildman–Crippen MR) is 73.8 cm³/mol. The Morgan fingerprint density at radius 1 is 1.50 bits per heavy atom. The molecular weight excluding hydrogens is 242 g/mol. The van der Waals surface area contributed by atoms with E-state index in [4.69, 9.17) is 17.5 Å². The molecule has 4 heteroatoms. The molecular formula is C14H15N3S. The molecule has 0 bridgehead atoms. The van der Waals surface area contributed by atoms with Gasteiger partial charge in [0, 0.05) is 6.54 Å². The highest BCUT2D eigenvalue weighted by atomic mass is 32.1. The maximum atomic E-state index is 8.99. The van der Waals surface area contributed by atoms with Crippen LogP contribution in [-0.2, 0) is 6.54 Å². The van der Waals surface area contributed by atoms with Gasteiger partial charge in [0.05, 0.1) is 22.7 Å². The molecule has 0 amide bonds. The SMILES string of the molecule is CC1(Cn2c(=S)[nH]c3ccc(C#N)cc32)CCC1. The average Bonchev–Trinajstić information content (AvgIpc) is 2.63. The Labute approximate surface area is 111 Å². The topological polar surface area (TPSA) is 44.5 Å². The van der Waals surface area contributed by atoms with E-state index in [-0.39, 0.29) is 0 Å². The van der Waals surface area contributed by atoms with Crippen molar-refractivity contribution < 1.29 is 0 Å². The molecule has 1 fully saturated rings. The Hall–Kier alpha value is -1.60. The second-order valence-electron chi connectivity index (χ2n) is 5.52. The smallest absolute Gasteiger partial charge is 0.178 e. The average molecular weight is 257 g/mol. The van der Waals surface area contributed by atoms with E-state index in [2.05, 4.69) is 22.5 Å². The summed E-state index contributed by atoms with van der Waals surface area (Å²) in [4.78, 5) is 3.22. The van der Waals surface area contributed by atoms with E-state index < -0.39 is 0 Å². The molecule has 0 aliphatic heterocycles. The summed E-state index contributed by atoms with van der Waals surface area (Å²) in [7, 11) is 0. The quantitative estimate of drug-likeness (QED) is 0.832. The molecule has 3 nitrogen and oxygen atoms in total. The number of H-pyrrole nitrogens is 1. The molecule has 18 heavy (non-hydrogen) atoms. The third kappa shape index (κ3) is 1.75. The number of rotatable bonds is 2. The van der Waals surface area contributed by atoms with Crippen molar-refractivity contribution >= 4 is 23.3 Å². The van der Waals surface area contributed by atoms with Crippen LogP contribution in [0, 0.1) is 21.5 Å². The van der Waals surface area contributed by atoms with Crippen LogP contribution in [0.5, 0.6) is 0 Å². The molecule has 92 valence electrons. The minimum Gasteiger partial charge on any atom is -0.331 e. The Bertz CT molecular complexity index is 698. The van der Waals surface area contributed by atoms with E-state index in [1.807, 2.05) is 18.2 Å². The Morgan fingerprint density at radius 2 is 2.28 bits per heavy atom. The lowest BCUT2D eigenvalue weighted by Gasteiger charge is -2.38. The van der Waals surface area contributed by atoms with Gasteiger partial charge in [0.1, 0.15) is 0 Å². The van der Waals surface area contributed by atoms with E-state index in [1.54, 1.807) is 0 Å². The number of nitriles is 1. The van der Waals surface area contributed by atoms with Crippen LogP contribution in [0.25, 0.3) is 11.0 Å². The molecule has 0 unspecified atom stereocenters. The second-order valence-corrected chi connectivity index (χ2v) is 5.91. The predicted octanol–water partition coefficient (Wildman–Crippen LogP) is 3.76. The fraction of sp³-hybridized carbons (Fsp3) is 0.429. The third-order valence-electron chi connectivity index (χ3n) is 4.00. The van der Waals surface area contributed by atoms with Crippen molar-refractivity contribution in [2.24, 2.45) is 5.41 Å². The van der Waals surface area contributed by atoms with Gasteiger partial charge in [-0.05, 0) is 48.7 Å². The molecule has 1 saturated carbocycles. The van der Waals surface area contributed by atoms with E-state index >= 15 is 0 Å². The largest absolute Gasteiger partial charge is 0.331 e. The van der Waals surface area contributed by atoms with Crippen LogP contribution in [0.1, 0.15) is 31.7 Å². The highest BCUT2D eigenvalue weighted by Gasteiger charge is 2.32. The first kappa shape index (κ1) is 11.5. The van der Waals surface area contributed by atoms with Crippen LogP contribution in [0.2, 0.25) is 0 Å². The lowest BCUT2D eigenvalue weighted by Crippen LogP contribution is -2.30. The second kappa shape index (κ2) is 3.96. The van der Waals surface area contributed by atoms with Crippen molar-refractivity contribution in [2.75, 3.05) is 0 Å². The summed E-state index contributed by atoms with van der Waals surface area (Å²) in [6.45, 7) is 3.26. The van der Waals surface area contributed by atoms with E-state index in [0.717, 1.165) is 22.3 Å². The summed E-state index contributed by atoms with van der Waals surface area (Å²) in [6, 6.07) is 7.86. The number of hydrogen-bond acceptors (Lipinski definition) is 2. The van der Waals surface area contributed by atoms with E-state index in [0.29, 0.717) is 11.0 Å². The van der Waals surface area contributed by atoms with Crippen molar-refractivity contribution in [1.29, 1.82) is 5.26 Å². The normalized spacial score (nSPS) is 17.3. The molecule has 0 atom stereocenters. The summed E-state index contributed by atoms with van der Waals surface area (Å²) in [5, 5.41) is 8.99. The van der Waals surface area contributed by atoms with Crippen molar-refractivity contribution in [3.8, 4) is 6.07 Å². The summed E-state index contributed by atoms with van der Waals surface area (Å²) in [6.07, 6.45) is 3.84. The van der Waals surface area contributed by atoms with Gasteiger partial charge in [-0.25, -0.2) is 0 Å². The number of nitrogens with one attached hydrogen (secondary N) is 1. The zero-order valence-electron chi connectivity index (χ0n) is 10.4. The van der Waals surface area contributed by atoms with Gasteiger partial charge in [-0.15, -0.1) is 0 Å². The summed E-state index contributed by atoms with van der Waals surface area (Å²) < 4.78 is 2.90. The van der Waals surface area contributed by atoms with Crippen LogP contribution in [0.4, 0.5) is 0 Å². The van der Waals surface area contributed by atoms with Gasteiger partial charge in [-0.3, -0.25) is 0 Å². The first-order valence-corrected chi connectivity index (χ1v) is 6.65. The number of benzene rings is 1. The summed E-state index contributed by atoms with van der Waals surface area (Å²) >= 11 is 5.40. The lowest BCUT2D eigenvalue weighted by molar-refractivity contribution is 0.133. The molecule has 1 aromatic carbocycles. The number of nitrogens with zero attached hydrogens (tertiary/aromatic N) is 2. The van der Waals surface area contributed by atoms with Gasteiger partial charge in [0.2, 0.25) is 0 Å².